The minimum Gasteiger partial charge on any atom is -0.321 e. The molecule has 3 aromatic rings. The molecule has 32 heavy (non-hydrogen) atoms. The Labute approximate surface area is 187 Å². The summed E-state index contributed by atoms with van der Waals surface area (Å²) >= 11 is 0. The summed E-state index contributed by atoms with van der Waals surface area (Å²) in [6, 6.07) is 16.3. The average Bonchev–Trinajstić information content (AvgIpc) is 3.00. The number of fused-ring (bicyclic) bond motifs is 1. The van der Waals surface area contributed by atoms with Gasteiger partial charge in [0.2, 0.25) is 0 Å². The van der Waals surface area contributed by atoms with Crippen LogP contribution in [0.4, 0.5) is 5.69 Å². The molecular formula is C26H25N5O. The van der Waals surface area contributed by atoms with Gasteiger partial charge in [0.15, 0.2) is 0 Å². The van der Waals surface area contributed by atoms with Gasteiger partial charge in [0.05, 0.1) is 29.7 Å². The van der Waals surface area contributed by atoms with Gasteiger partial charge in [0, 0.05) is 30.4 Å². The molecule has 0 spiro atoms. The molecule has 0 unspecified atom stereocenters. The first-order valence-electron chi connectivity index (χ1n) is 11.2. The number of nitriles is 1. The number of rotatable bonds is 4. The second kappa shape index (κ2) is 8.89. The lowest BCUT2D eigenvalue weighted by molar-refractivity contribution is 0.102. The van der Waals surface area contributed by atoms with E-state index in [1.807, 2.05) is 12.1 Å². The van der Waals surface area contributed by atoms with Crippen molar-refractivity contribution in [1.82, 2.24) is 14.9 Å². The Morgan fingerprint density at radius 2 is 1.88 bits per heavy atom. The molecule has 0 saturated heterocycles. The number of amides is 1. The van der Waals surface area contributed by atoms with Gasteiger partial charge in [-0.25, -0.2) is 4.98 Å². The van der Waals surface area contributed by atoms with Crippen molar-refractivity contribution >= 4 is 11.6 Å². The average molecular weight is 424 g/mol. The van der Waals surface area contributed by atoms with Crippen LogP contribution in [0.5, 0.6) is 0 Å². The number of aromatic nitrogens is 2. The zero-order chi connectivity index (χ0) is 21.9. The molecular weight excluding hydrogens is 398 g/mol. The molecule has 1 aliphatic heterocycles. The number of nitrogens with zero attached hydrogens (tertiary/aromatic N) is 4. The zero-order valence-electron chi connectivity index (χ0n) is 17.9. The topological polar surface area (TPSA) is 81.9 Å². The molecule has 1 aliphatic carbocycles. The van der Waals surface area contributed by atoms with Gasteiger partial charge in [-0.1, -0.05) is 24.6 Å². The SMILES string of the molecule is N#Cc1cccc(-c2cnc(C(=O)Nc3ccc4c(c3)CCN(C3CCC3)CC4)cn2)c1. The van der Waals surface area contributed by atoms with E-state index in [-0.39, 0.29) is 11.6 Å². The quantitative estimate of drug-likeness (QED) is 0.679. The molecule has 1 aromatic heterocycles. The molecule has 1 fully saturated rings. The molecule has 6 nitrogen and oxygen atoms in total. The van der Waals surface area contributed by atoms with Gasteiger partial charge in [-0.3, -0.25) is 14.7 Å². The summed E-state index contributed by atoms with van der Waals surface area (Å²) in [4.78, 5) is 24.0. The summed E-state index contributed by atoms with van der Waals surface area (Å²) in [7, 11) is 0. The summed E-state index contributed by atoms with van der Waals surface area (Å²) in [5, 5.41) is 12.0. The lowest BCUT2D eigenvalue weighted by atomic mass is 9.91. The molecule has 2 aromatic carbocycles. The Morgan fingerprint density at radius 1 is 1.03 bits per heavy atom. The maximum absolute atomic E-state index is 12.7. The molecule has 5 rings (SSSR count). The van der Waals surface area contributed by atoms with Gasteiger partial charge in [0.1, 0.15) is 5.69 Å². The number of hydrogen-bond acceptors (Lipinski definition) is 5. The molecule has 1 amide bonds. The monoisotopic (exact) mass is 423 g/mol. The molecule has 2 heterocycles. The number of anilines is 1. The minimum absolute atomic E-state index is 0.260. The van der Waals surface area contributed by atoms with E-state index in [0.717, 1.165) is 43.2 Å². The van der Waals surface area contributed by atoms with Crippen molar-refractivity contribution in [1.29, 1.82) is 5.26 Å². The van der Waals surface area contributed by atoms with Crippen molar-refractivity contribution in [3.8, 4) is 17.3 Å². The second-order valence-electron chi connectivity index (χ2n) is 8.54. The third-order valence-electron chi connectivity index (χ3n) is 6.56. The molecule has 1 saturated carbocycles. The Kier molecular flexibility index (Phi) is 5.66. The fourth-order valence-corrected chi connectivity index (χ4v) is 4.47. The fourth-order valence-electron chi connectivity index (χ4n) is 4.47. The normalized spacial score (nSPS) is 16.3. The number of nitrogens with one attached hydrogen (secondary N) is 1. The maximum atomic E-state index is 12.7. The predicted octanol–water partition coefficient (Wildman–Crippen LogP) is 4.22. The summed E-state index contributed by atoms with van der Waals surface area (Å²) in [6.07, 6.45) is 9.16. The smallest absolute Gasteiger partial charge is 0.275 e. The van der Waals surface area contributed by atoms with Gasteiger partial charge in [-0.2, -0.15) is 5.26 Å². The highest BCUT2D eigenvalue weighted by molar-refractivity contribution is 6.02. The Morgan fingerprint density at radius 3 is 2.59 bits per heavy atom. The van der Waals surface area contributed by atoms with Crippen LogP contribution in [0.1, 0.15) is 46.4 Å². The van der Waals surface area contributed by atoms with E-state index in [2.05, 4.69) is 38.4 Å². The van der Waals surface area contributed by atoms with Gasteiger partial charge < -0.3 is 5.32 Å². The van der Waals surface area contributed by atoms with Crippen LogP contribution in [0.2, 0.25) is 0 Å². The third-order valence-corrected chi connectivity index (χ3v) is 6.56. The predicted molar refractivity (Wildman–Crippen MR) is 123 cm³/mol. The second-order valence-corrected chi connectivity index (χ2v) is 8.54. The number of carbonyl (C=O) groups is 1. The molecule has 6 heteroatoms. The van der Waals surface area contributed by atoms with Crippen LogP contribution in [-0.4, -0.2) is 39.9 Å². The Balaban J connectivity index is 1.26. The van der Waals surface area contributed by atoms with Crippen LogP contribution in [0.15, 0.2) is 54.9 Å². The summed E-state index contributed by atoms with van der Waals surface area (Å²) in [5.41, 5.74) is 5.74. The molecule has 2 aliphatic rings. The van der Waals surface area contributed by atoms with E-state index in [9.17, 15) is 4.79 Å². The third kappa shape index (κ3) is 4.25. The van der Waals surface area contributed by atoms with Crippen LogP contribution >= 0.6 is 0 Å². The molecule has 0 radical (unpaired) electrons. The first-order valence-corrected chi connectivity index (χ1v) is 11.2. The largest absolute Gasteiger partial charge is 0.321 e. The number of benzene rings is 2. The highest BCUT2D eigenvalue weighted by atomic mass is 16.1. The lowest BCUT2D eigenvalue weighted by Gasteiger charge is -2.36. The van der Waals surface area contributed by atoms with E-state index >= 15 is 0 Å². The number of carbonyl (C=O) groups excluding carboxylic acids is 1. The Hall–Kier alpha value is -3.56. The Bertz CT molecular complexity index is 1180. The van der Waals surface area contributed by atoms with E-state index in [4.69, 9.17) is 5.26 Å². The van der Waals surface area contributed by atoms with Crippen molar-refractivity contribution in [2.24, 2.45) is 0 Å². The van der Waals surface area contributed by atoms with E-state index in [1.165, 1.54) is 36.6 Å². The summed E-state index contributed by atoms with van der Waals surface area (Å²) in [5.74, 6) is -0.278. The van der Waals surface area contributed by atoms with Crippen molar-refractivity contribution in [2.45, 2.75) is 38.1 Å². The highest BCUT2D eigenvalue weighted by Gasteiger charge is 2.26. The van der Waals surface area contributed by atoms with Gasteiger partial charge >= 0.3 is 0 Å². The maximum Gasteiger partial charge on any atom is 0.275 e. The molecule has 0 atom stereocenters. The lowest BCUT2D eigenvalue weighted by Crippen LogP contribution is -2.41. The van der Waals surface area contributed by atoms with E-state index in [1.54, 1.807) is 24.4 Å². The van der Waals surface area contributed by atoms with Crippen LogP contribution in [0.25, 0.3) is 11.3 Å². The van der Waals surface area contributed by atoms with E-state index < -0.39 is 0 Å². The van der Waals surface area contributed by atoms with Crippen molar-refractivity contribution in [2.75, 3.05) is 18.4 Å². The van der Waals surface area contributed by atoms with Gasteiger partial charge in [0.25, 0.3) is 5.91 Å². The molecule has 160 valence electrons. The summed E-state index contributed by atoms with van der Waals surface area (Å²) < 4.78 is 0. The first kappa shape index (κ1) is 20.3. The van der Waals surface area contributed by atoms with Crippen LogP contribution < -0.4 is 5.32 Å². The van der Waals surface area contributed by atoms with E-state index in [0.29, 0.717) is 11.3 Å². The van der Waals surface area contributed by atoms with Crippen molar-refractivity contribution in [3.05, 3.63) is 77.2 Å². The van der Waals surface area contributed by atoms with Crippen LogP contribution in [-0.2, 0) is 12.8 Å². The molecule has 0 bridgehead atoms. The number of hydrogen-bond donors (Lipinski definition) is 1. The van der Waals surface area contributed by atoms with Gasteiger partial charge in [-0.05, 0) is 61.1 Å². The first-order chi connectivity index (χ1) is 15.7. The standard InChI is InChI=1S/C26H25N5O/c27-15-18-3-1-4-21(13-18)24-16-29-25(17-28-24)26(32)30-22-8-7-19-9-11-31(23-5-2-6-23)12-10-20(19)14-22/h1,3-4,7-8,13-14,16-17,23H,2,5-6,9-12H2,(H,30,32). The van der Waals surface area contributed by atoms with Crippen molar-refractivity contribution < 1.29 is 4.79 Å². The van der Waals surface area contributed by atoms with Crippen molar-refractivity contribution in [3.63, 3.8) is 0 Å². The summed E-state index contributed by atoms with van der Waals surface area (Å²) in [6.45, 7) is 2.22. The fraction of sp³-hybridized carbons (Fsp3) is 0.308. The van der Waals surface area contributed by atoms with Crippen LogP contribution in [0, 0.1) is 11.3 Å². The molecule has 1 N–H and O–H groups in total. The zero-order valence-corrected chi connectivity index (χ0v) is 17.9. The van der Waals surface area contributed by atoms with Crippen LogP contribution in [0.3, 0.4) is 0 Å². The van der Waals surface area contributed by atoms with Gasteiger partial charge in [-0.15, -0.1) is 0 Å². The minimum atomic E-state index is -0.278. The highest BCUT2D eigenvalue weighted by Crippen LogP contribution is 2.28.